The van der Waals surface area contributed by atoms with E-state index in [4.69, 9.17) is 0 Å². The fourth-order valence-electron chi connectivity index (χ4n) is 3.37. The predicted molar refractivity (Wildman–Crippen MR) is 69.0 cm³/mol. The Morgan fingerprint density at radius 1 is 1.07 bits per heavy atom. The van der Waals surface area contributed by atoms with Crippen LogP contribution in [0.5, 0.6) is 0 Å². The second-order valence-corrected chi connectivity index (χ2v) is 5.89. The Morgan fingerprint density at radius 3 is 2.13 bits per heavy atom. The van der Waals surface area contributed by atoms with E-state index in [0.717, 1.165) is 17.3 Å². The summed E-state index contributed by atoms with van der Waals surface area (Å²) in [6, 6.07) is 0. The molecule has 0 spiro atoms. The molecule has 15 heavy (non-hydrogen) atoms. The molecule has 90 valence electrons. The van der Waals surface area contributed by atoms with E-state index < -0.39 is 0 Å². The summed E-state index contributed by atoms with van der Waals surface area (Å²) >= 11 is 0. The Bertz CT molecular complexity index is 167. The molecule has 2 unspecified atom stereocenters. The molecule has 2 atom stereocenters. The maximum atomic E-state index is 2.50. The Labute approximate surface area is 96.8 Å². The standard InChI is InChI=1S/C15H30/c1-5-8-14(7-3)13(4)12-15(9-6-2)10-11-15/h13-14H,5-12H2,1-4H3. The van der Waals surface area contributed by atoms with Gasteiger partial charge in [0.15, 0.2) is 0 Å². The Morgan fingerprint density at radius 2 is 1.73 bits per heavy atom. The average Bonchev–Trinajstić information content (AvgIpc) is 2.94. The molecule has 0 aromatic rings. The monoisotopic (exact) mass is 210 g/mol. The highest BCUT2D eigenvalue weighted by Crippen LogP contribution is 2.55. The van der Waals surface area contributed by atoms with Crippen LogP contribution in [0.3, 0.4) is 0 Å². The first-order valence-electron chi connectivity index (χ1n) is 7.17. The molecule has 0 heteroatoms. The van der Waals surface area contributed by atoms with Gasteiger partial charge < -0.3 is 0 Å². The predicted octanol–water partition coefficient (Wildman–Crippen LogP) is 5.42. The first-order valence-corrected chi connectivity index (χ1v) is 7.17. The zero-order valence-electron chi connectivity index (χ0n) is 11.3. The van der Waals surface area contributed by atoms with Crippen LogP contribution < -0.4 is 0 Å². The van der Waals surface area contributed by atoms with Crippen molar-refractivity contribution in [2.45, 2.75) is 79.1 Å². The molecule has 0 heterocycles. The molecule has 1 aliphatic rings. The molecule has 0 radical (unpaired) electrons. The van der Waals surface area contributed by atoms with Crippen LogP contribution in [0, 0.1) is 17.3 Å². The van der Waals surface area contributed by atoms with E-state index in [1.807, 2.05) is 0 Å². The molecule has 0 amide bonds. The molecule has 1 aliphatic carbocycles. The fraction of sp³-hybridized carbons (Fsp3) is 1.00. The summed E-state index contributed by atoms with van der Waals surface area (Å²) in [6.45, 7) is 9.54. The van der Waals surface area contributed by atoms with Crippen LogP contribution in [0.1, 0.15) is 79.1 Å². The Hall–Kier alpha value is 0. The molecule has 0 aromatic heterocycles. The van der Waals surface area contributed by atoms with Crippen molar-refractivity contribution in [3.8, 4) is 0 Å². The van der Waals surface area contributed by atoms with E-state index in [1.54, 1.807) is 0 Å². The minimum Gasteiger partial charge on any atom is -0.0654 e. The fourth-order valence-corrected chi connectivity index (χ4v) is 3.37. The van der Waals surface area contributed by atoms with Crippen LogP contribution in [0.2, 0.25) is 0 Å². The second-order valence-electron chi connectivity index (χ2n) is 5.89. The average molecular weight is 210 g/mol. The van der Waals surface area contributed by atoms with Gasteiger partial charge in [0.2, 0.25) is 0 Å². The van der Waals surface area contributed by atoms with E-state index >= 15 is 0 Å². The van der Waals surface area contributed by atoms with Gasteiger partial charge in [-0.05, 0) is 42.9 Å². The molecule has 0 nitrogen and oxygen atoms in total. The summed E-state index contributed by atoms with van der Waals surface area (Å²) in [5.41, 5.74) is 0.801. The van der Waals surface area contributed by atoms with Crippen LogP contribution in [-0.2, 0) is 0 Å². The van der Waals surface area contributed by atoms with E-state index in [2.05, 4.69) is 27.7 Å². The molecule has 1 fully saturated rings. The van der Waals surface area contributed by atoms with Gasteiger partial charge in [-0.25, -0.2) is 0 Å². The molecule has 0 aliphatic heterocycles. The van der Waals surface area contributed by atoms with Crippen LogP contribution in [-0.4, -0.2) is 0 Å². The zero-order valence-corrected chi connectivity index (χ0v) is 11.3. The summed E-state index contributed by atoms with van der Waals surface area (Å²) in [7, 11) is 0. The minimum absolute atomic E-state index is 0.801. The molecular weight excluding hydrogens is 180 g/mol. The molecule has 0 N–H and O–H groups in total. The Balaban J connectivity index is 2.35. The highest BCUT2D eigenvalue weighted by atomic mass is 14.5. The zero-order chi connectivity index (χ0) is 11.3. The van der Waals surface area contributed by atoms with Gasteiger partial charge in [0.25, 0.3) is 0 Å². The van der Waals surface area contributed by atoms with Crippen molar-refractivity contribution in [2.24, 2.45) is 17.3 Å². The Kier molecular flexibility index (Phi) is 5.15. The van der Waals surface area contributed by atoms with Crippen molar-refractivity contribution in [2.75, 3.05) is 0 Å². The van der Waals surface area contributed by atoms with Crippen LogP contribution in [0.15, 0.2) is 0 Å². The number of hydrogen-bond donors (Lipinski definition) is 0. The van der Waals surface area contributed by atoms with Crippen molar-refractivity contribution in [3.05, 3.63) is 0 Å². The summed E-state index contributed by atoms with van der Waals surface area (Å²) in [5, 5.41) is 0. The second kappa shape index (κ2) is 5.92. The lowest BCUT2D eigenvalue weighted by Crippen LogP contribution is -2.16. The third kappa shape index (κ3) is 3.81. The maximum absolute atomic E-state index is 2.50. The SMILES string of the molecule is CCCC(CC)C(C)CC1(CCC)CC1. The first kappa shape index (κ1) is 13.1. The van der Waals surface area contributed by atoms with Crippen LogP contribution in [0.4, 0.5) is 0 Å². The van der Waals surface area contributed by atoms with Crippen molar-refractivity contribution in [3.63, 3.8) is 0 Å². The highest BCUT2D eigenvalue weighted by Gasteiger charge is 2.42. The van der Waals surface area contributed by atoms with E-state index in [1.165, 1.54) is 51.4 Å². The molecule has 0 bridgehead atoms. The van der Waals surface area contributed by atoms with Gasteiger partial charge in [0.1, 0.15) is 0 Å². The largest absolute Gasteiger partial charge is 0.0654 e. The summed E-state index contributed by atoms with van der Waals surface area (Å²) < 4.78 is 0. The van der Waals surface area contributed by atoms with Gasteiger partial charge >= 0.3 is 0 Å². The third-order valence-electron chi connectivity index (χ3n) is 4.48. The van der Waals surface area contributed by atoms with Crippen molar-refractivity contribution in [1.82, 2.24) is 0 Å². The maximum Gasteiger partial charge on any atom is -0.0295 e. The number of rotatable bonds is 8. The summed E-state index contributed by atoms with van der Waals surface area (Å²) in [6.07, 6.45) is 11.6. The molecule has 0 saturated heterocycles. The van der Waals surface area contributed by atoms with Gasteiger partial charge in [0.05, 0.1) is 0 Å². The normalized spacial score (nSPS) is 22.4. The molecule has 1 rings (SSSR count). The van der Waals surface area contributed by atoms with Crippen molar-refractivity contribution >= 4 is 0 Å². The third-order valence-corrected chi connectivity index (χ3v) is 4.48. The smallest absolute Gasteiger partial charge is 0.0295 e. The number of hydrogen-bond acceptors (Lipinski definition) is 0. The lowest BCUT2D eigenvalue weighted by molar-refractivity contribution is 0.244. The summed E-state index contributed by atoms with van der Waals surface area (Å²) in [5.74, 6) is 1.95. The van der Waals surface area contributed by atoms with Crippen molar-refractivity contribution in [1.29, 1.82) is 0 Å². The van der Waals surface area contributed by atoms with E-state index in [9.17, 15) is 0 Å². The molecular formula is C15H30. The molecule has 0 aromatic carbocycles. The topological polar surface area (TPSA) is 0 Å². The molecule has 1 saturated carbocycles. The minimum atomic E-state index is 0.801. The highest BCUT2D eigenvalue weighted by molar-refractivity contribution is 4.94. The lowest BCUT2D eigenvalue weighted by atomic mass is 9.79. The van der Waals surface area contributed by atoms with Gasteiger partial charge in [-0.15, -0.1) is 0 Å². The van der Waals surface area contributed by atoms with Crippen molar-refractivity contribution < 1.29 is 0 Å². The summed E-state index contributed by atoms with van der Waals surface area (Å²) in [4.78, 5) is 0. The van der Waals surface area contributed by atoms with E-state index in [-0.39, 0.29) is 0 Å². The lowest BCUT2D eigenvalue weighted by Gasteiger charge is -2.26. The van der Waals surface area contributed by atoms with Gasteiger partial charge in [-0.1, -0.05) is 53.4 Å². The van der Waals surface area contributed by atoms with Gasteiger partial charge in [-0.3, -0.25) is 0 Å². The van der Waals surface area contributed by atoms with Crippen LogP contribution in [0.25, 0.3) is 0 Å². The van der Waals surface area contributed by atoms with Gasteiger partial charge in [-0.2, -0.15) is 0 Å². The quantitative estimate of drug-likeness (QED) is 0.502. The van der Waals surface area contributed by atoms with Crippen LogP contribution >= 0.6 is 0 Å². The van der Waals surface area contributed by atoms with Gasteiger partial charge in [0, 0.05) is 0 Å². The first-order chi connectivity index (χ1) is 7.17. The van der Waals surface area contributed by atoms with E-state index in [0.29, 0.717) is 0 Å².